The number of rotatable bonds is 8. The number of methoxy groups -OCH3 is 1. The van der Waals surface area contributed by atoms with Crippen LogP contribution in [0.15, 0.2) is 24.3 Å². The van der Waals surface area contributed by atoms with Crippen molar-refractivity contribution >= 4 is 5.91 Å². The first-order valence-electron chi connectivity index (χ1n) is 6.02. The van der Waals surface area contributed by atoms with Crippen molar-refractivity contribution in [1.29, 1.82) is 0 Å². The number of hydrogen-bond acceptors (Lipinski definition) is 4. The number of hydrogen-bond donors (Lipinski definition) is 1. The quantitative estimate of drug-likeness (QED) is 0.753. The highest BCUT2D eigenvalue weighted by Gasteiger charge is 2.11. The number of benzene rings is 1. The number of carbonyl (C=O) groups is 1. The van der Waals surface area contributed by atoms with E-state index in [-0.39, 0.29) is 18.3 Å². The molecule has 0 atom stereocenters. The minimum atomic E-state index is -0.313. The number of nitrogens with zero attached hydrogens (tertiary/aromatic N) is 1. The summed E-state index contributed by atoms with van der Waals surface area (Å²) in [7, 11) is 1.57. The maximum atomic E-state index is 12.7. The number of halogens is 1. The zero-order valence-electron chi connectivity index (χ0n) is 11.0. The van der Waals surface area contributed by atoms with Crippen LogP contribution in [0.1, 0.15) is 0 Å². The molecule has 0 saturated carbocycles. The van der Waals surface area contributed by atoms with Crippen molar-refractivity contribution in [1.82, 2.24) is 4.90 Å². The van der Waals surface area contributed by atoms with Crippen LogP contribution in [0, 0.1) is 5.82 Å². The second kappa shape index (κ2) is 8.44. The zero-order chi connectivity index (χ0) is 14.1. The van der Waals surface area contributed by atoms with Crippen molar-refractivity contribution in [3.05, 3.63) is 30.1 Å². The van der Waals surface area contributed by atoms with Crippen molar-refractivity contribution in [3.8, 4) is 5.75 Å². The van der Waals surface area contributed by atoms with E-state index >= 15 is 0 Å². The summed E-state index contributed by atoms with van der Waals surface area (Å²) in [6.45, 7) is 1.61. The Hall–Kier alpha value is -1.66. The highest BCUT2D eigenvalue weighted by Crippen LogP contribution is 2.10. The van der Waals surface area contributed by atoms with E-state index in [0.717, 1.165) is 0 Å². The molecular weight excluding hydrogens is 251 g/mol. The molecule has 0 spiro atoms. The Morgan fingerprint density at radius 2 is 1.89 bits per heavy atom. The summed E-state index contributed by atoms with van der Waals surface area (Å²) in [6, 6.07) is 5.73. The predicted octanol–water partition coefficient (Wildman–Crippen LogP) is 0.638. The zero-order valence-corrected chi connectivity index (χ0v) is 11.0. The third-order valence-electron chi connectivity index (χ3n) is 2.54. The molecule has 0 aromatic heterocycles. The molecule has 0 bridgehead atoms. The smallest absolute Gasteiger partial charge is 0.236 e. The van der Waals surface area contributed by atoms with Crippen LogP contribution >= 0.6 is 0 Å². The molecule has 5 nitrogen and oxygen atoms in total. The van der Waals surface area contributed by atoms with Crippen LogP contribution in [0.4, 0.5) is 4.39 Å². The van der Waals surface area contributed by atoms with Crippen LogP contribution in [-0.4, -0.2) is 50.8 Å². The lowest BCUT2D eigenvalue weighted by molar-refractivity contribution is -0.130. The van der Waals surface area contributed by atoms with E-state index in [0.29, 0.717) is 32.1 Å². The monoisotopic (exact) mass is 270 g/mol. The Kier molecular flexibility index (Phi) is 6.84. The lowest BCUT2D eigenvalue weighted by Gasteiger charge is -2.21. The van der Waals surface area contributed by atoms with Crippen molar-refractivity contribution in [2.24, 2.45) is 5.73 Å². The van der Waals surface area contributed by atoms with Crippen LogP contribution in [0.25, 0.3) is 0 Å². The van der Waals surface area contributed by atoms with Crippen LogP contribution < -0.4 is 10.5 Å². The molecule has 6 heteroatoms. The standard InChI is InChI=1S/C13H19FN2O3/c1-18-8-6-16(13(17)10-15)7-9-19-12-4-2-11(14)3-5-12/h2-5H,6-10,15H2,1H3. The second-order valence-electron chi connectivity index (χ2n) is 3.88. The molecular formula is C13H19FN2O3. The summed E-state index contributed by atoms with van der Waals surface area (Å²) >= 11 is 0. The highest BCUT2D eigenvalue weighted by atomic mass is 19.1. The predicted molar refractivity (Wildman–Crippen MR) is 69.4 cm³/mol. The first-order chi connectivity index (χ1) is 9.17. The van der Waals surface area contributed by atoms with Crippen LogP contribution in [0.2, 0.25) is 0 Å². The molecule has 1 aromatic rings. The van der Waals surface area contributed by atoms with Gasteiger partial charge in [-0.2, -0.15) is 0 Å². The van der Waals surface area contributed by atoms with E-state index in [1.807, 2.05) is 0 Å². The lowest BCUT2D eigenvalue weighted by Crippen LogP contribution is -2.40. The normalized spacial score (nSPS) is 10.3. The van der Waals surface area contributed by atoms with Gasteiger partial charge in [-0.3, -0.25) is 4.79 Å². The summed E-state index contributed by atoms with van der Waals surface area (Å²) in [6.07, 6.45) is 0. The maximum Gasteiger partial charge on any atom is 0.236 e. The van der Waals surface area contributed by atoms with E-state index in [2.05, 4.69) is 0 Å². The van der Waals surface area contributed by atoms with Crippen molar-refractivity contribution in [3.63, 3.8) is 0 Å². The van der Waals surface area contributed by atoms with Crippen LogP contribution in [0.5, 0.6) is 5.75 Å². The first-order valence-corrected chi connectivity index (χ1v) is 6.02. The minimum absolute atomic E-state index is 0.0414. The molecule has 2 N–H and O–H groups in total. The van der Waals surface area contributed by atoms with Crippen LogP contribution in [-0.2, 0) is 9.53 Å². The van der Waals surface area contributed by atoms with E-state index in [1.54, 1.807) is 24.1 Å². The van der Waals surface area contributed by atoms with Crippen molar-refractivity contribution < 1.29 is 18.7 Å². The topological polar surface area (TPSA) is 64.8 Å². The van der Waals surface area contributed by atoms with Gasteiger partial charge in [-0.25, -0.2) is 4.39 Å². The van der Waals surface area contributed by atoms with Gasteiger partial charge in [0.1, 0.15) is 18.2 Å². The van der Waals surface area contributed by atoms with E-state index < -0.39 is 0 Å². The summed E-state index contributed by atoms with van der Waals surface area (Å²) in [4.78, 5) is 13.1. The fourth-order valence-corrected chi connectivity index (χ4v) is 1.50. The first kappa shape index (κ1) is 15.4. The van der Waals surface area contributed by atoms with Gasteiger partial charge in [-0.05, 0) is 24.3 Å². The molecule has 1 aromatic carbocycles. The molecule has 0 fully saturated rings. The molecule has 106 valence electrons. The molecule has 0 unspecified atom stereocenters. The van der Waals surface area contributed by atoms with E-state index in [9.17, 15) is 9.18 Å². The Morgan fingerprint density at radius 1 is 1.26 bits per heavy atom. The molecule has 0 heterocycles. The molecule has 0 aliphatic rings. The van der Waals surface area contributed by atoms with Gasteiger partial charge in [0, 0.05) is 13.7 Å². The Morgan fingerprint density at radius 3 is 2.47 bits per heavy atom. The average Bonchev–Trinajstić information content (AvgIpc) is 2.43. The molecule has 0 aliphatic carbocycles. The van der Waals surface area contributed by atoms with Gasteiger partial charge >= 0.3 is 0 Å². The summed E-state index contributed by atoms with van der Waals surface area (Å²) < 4.78 is 23.0. The van der Waals surface area contributed by atoms with Crippen molar-refractivity contribution in [2.45, 2.75) is 0 Å². The van der Waals surface area contributed by atoms with Gasteiger partial charge in [0.15, 0.2) is 0 Å². The number of amides is 1. The second-order valence-corrected chi connectivity index (χ2v) is 3.88. The summed E-state index contributed by atoms with van der Waals surface area (Å²) in [5, 5.41) is 0. The van der Waals surface area contributed by atoms with Gasteiger partial charge in [-0.1, -0.05) is 0 Å². The molecule has 19 heavy (non-hydrogen) atoms. The summed E-state index contributed by atoms with van der Waals surface area (Å²) in [5.74, 6) is 0.0976. The fraction of sp³-hybridized carbons (Fsp3) is 0.462. The highest BCUT2D eigenvalue weighted by molar-refractivity contribution is 5.78. The molecule has 0 saturated heterocycles. The lowest BCUT2D eigenvalue weighted by atomic mass is 10.3. The molecule has 1 amide bonds. The fourth-order valence-electron chi connectivity index (χ4n) is 1.50. The molecule has 0 radical (unpaired) electrons. The van der Waals surface area contributed by atoms with E-state index in [4.69, 9.17) is 15.2 Å². The summed E-state index contributed by atoms with van der Waals surface area (Å²) in [5.41, 5.74) is 5.33. The van der Waals surface area contributed by atoms with Gasteiger partial charge in [0.25, 0.3) is 0 Å². The molecule has 1 rings (SSSR count). The van der Waals surface area contributed by atoms with Gasteiger partial charge in [-0.15, -0.1) is 0 Å². The van der Waals surface area contributed by atoms with Gasteiger partial charge in [0.2, 0.25) is 5.91 Å². The Balaban J connectivity index is 2.38. The third-order valence-corrected chi connectivity index (χ3v) is 2.54. The largest absolute Gasteiger partial charge is 0.492 e. The van der Waals surface area contributed by atoms with Crippen molar-refractivity contribution in [2.75, 3.05) is 40.0 Å². The maximum absolute atomic E-state index is 12.7. The average molecular weight is 270 g/mol. The Bertz CT molecular complexity index is 384. The van der Waals surface area contributed by atoms with Crippen LogP contribution in [0.3, 0.4) is 0 Å². The number of ether oxygens (including phenoxy) is 2. The Labute approximate surface area is 112 Å². The number of nitrogens with two attached hydrogens (primary N) is 1. The number of carbonyl (C=O) groups excluding carboxylic acids is 1. The van der Waals surface area contributed by atoms with Gasteiger partial charge in [0.05, 0.1) is 19.7 Å². The SMILES string of the molecule is COCCN(CCOc1ccc(F)cc1)C(=O)CN. The molecule has 0 aliphatic heterocycles. The van der Waals surface area contributed by atoms with Gasteiger partial charge < -0.3 is 20.1 Å². The van der Waals surface area contributed by atoms with E-state index in [1.165, 1.54) is 12.1 Å². The minimum Gasteiger partial charge on any atom is -0.492 e. The third kappa shape index (κ3) is 5.67.